The van der Waals surface area contributed by atoms with Gasteiger partial charge in [0.25, 0.3) is 5.91 Å². The SMILES string of the molecule is CC(C)N1CCC(Oc2cc(F)ccc2-c2cc(C(N)=O)c(NC(N)=O)s2)C1. The lowest BCUT2D eigenvalue weighted by molar-refractivity contribution is 0.100. The summed E-state index contributed by atoms with van der Waals surface area (Å²) in [7, 11) is 0. The van der Waals surface area contributed by atoms with Crippen LogP contribution in [-0.2, 0) is 0 Å². The molecule has 7 nitrogen and oxygen atoms in total. The Balaban J connectivity index is 1.93. The van der Waals surface area contributed by atoms with Crippen LogP contribution in [0.1, 0.15) is 30.6 Å². The molecule has 1 aromatic carbocycles. The van der Waals surface area contributed by atoms with Gasteiger partial charge in [-0.05, 0) is 38.5 Å². The Morgan fingerprint density at radius 1 is 1.32 bits per heavy atom. The summed E-state index contributed by atoms with van der Waals surface area (Å²) in [5.41, 5.74) is 11.3. The fourth-order valence-corrected chi connectivity index (χ4v) is 4.30. The Morgan fingerprint density at radius 2 is 2.07 bits per heavy atom. The first-order chi connectivity index (χ1) is 13.2. The highest BCUT2D eigenvalue weighted by atomic mass is 32.1. The highest BCUT2D eigenvalue weighted by Crippen LogP contribution is 2.40. The van der Waals surface area contributed by atoms with E-state index in [9.17, 15) is 14.0 Å². The van der Waals surface area contributed by atoms with Crippen LogP contribution < -0.4 is 21.5 Å². The molecule has 0 spiro atoms. The zero-order valence-electron chi connectivity index (χ0n) is 15.7. The molecule has 3 amide bonds. The second-order valence-electron chi connectivity index (χ2n) is 6.96. The van der Waals surface area contributed by atoms with E-state index in [1.54, 1.807) is 12.1 Å². The van der Waals surface area contributed by atoms with E-state index < -0.39 is 17.8 Å². The molecule has 2 aromatic rings. The summed E-state index contributed by atoms with van der Waals surface area (Å²) in [5, 5.41) is 2.65. The van der Waals surface area contributed by atoms with Gasteiger partial charge in [-0.3, -0.25) is 15.0 Å². The van der Waals surface area contributed by atoms with Gasteiger partial charge in [0.05, 0.1) is 5.56 Å². The molecular formula is C19H23FN4O3S. The van der Waals surface area contributed by atoms with Crippen molar-refractivity contribution in [1.29, 1.82) is 0 Å². The topological polar surface area (TPSA) is 111 Å². The summed E-state index contributed by atoms with van der Waals surface area (Å²) in [6.45, 7) is 5.93. The number of benzene rings is 1. The van der Waals surface area contributed by atoms with Crippen molar-refractivity contribution in [2.75, 3.05) is 18.4 Å². The number of carbonyl (C=O) groups excluding carboxylic acids is 2. The summed E-state index contributed by atoms with van der Waals surface area (Å²) in [6, 6.07) is 5.41. The number of hydrogen-bond acceptors (Lipinski definition) is 5. The Kier molecular flexibility index (Phi) is 5.85. The van der Waals surface area contributed by atoms with Gasteiger partial charge in [0.1, 0.15) is 22.7 Å². The molecule has 5 N–H and O–H groups in total. The highest BCUT2D eigenvalue weighted by molar-refractivity contribution is 7.20. The molecule has 1 aromatic heterocycles. The van der Waals surface area contributed by atoms with Crippen LogP contribution in [0, 0.1) is 5.82 Å². The number of rotatable bonds is 6. The van der Waals surface area contributed by atoms with Gasteiger partial charge in [-0.15, -0.1) is 11.3 Å². The smallest absolute Gasteiger partial charge is 0.317 e. The Hall–Kier alpha value is -2.65. The van der Waals surface area contributed by atoms with Gasteiger partial charge >= 0.3 is 6.03 Å². The van der Waals surface area contributed by atoms with Crippen molar-refractivity contribution < 1.29 is 18.7 Å². The van der Waals surface area contributed by atoms with Crippen molar-refractivity contribution in [2.45, 2.75) is 32.4 Å². The van der Waals surface area contributed by atoms with Gasteiger partial charge in [-0.2, -0.15) is 0 Å². The lowest BCUT2D eigenvalue weighted by atomic mass is 10.1. The number of amides is 3. The second-order valence-corrected chi connectivity index (χ2v) is 8.02. The zero-order chi connectivity index (χ0) is 20.4. The summed E-state index contributed by atoms with van der Waals surface area (Å²) in [4.78, 5) is 25.8. The van der Waals surface area contributed by atoms with E-state index in [-0.39, 0.29) is 16.7 Å². The quantitative estimate of drug-likeness (QED) is 0.685. The molecule has 9 heteroatoms. The van der Waals surface area contributed by atoms with E-state index in [1.807, 2.05) is 0 Å². The molecule has 1 saturated heterocycles. The minimum Gasteiger partial charge on any atom is -0.488 e. The molecular weight excluding hydrogens is 383 g/mol. The minimum absolute atomic E-state index is 0.0539. The zero-order valence-corrected chi connectivity index (χ0v) is 16.5. The molecule has 1 aliphatic rings. The first-order valence-electron chi connectivity index (χ1n) is 8.95. The number of thiophene rings is 1. The van der Waals surface area contributed by atoms with Crippen LogP contribution in [0.4, 0.5) is 14.2 Å². The number of primary amides is 2. The van der Waals surface area contributed by atoms with Crippen LogP contribution >= 0.6 is 11.3 Å². The van der Waals surface area contributed by atoms with Crippen LogP contribution in [-0.4, -0.2) is 42.1 Å². The maximum atomic E-state index is 13.9. The average molecular weight is 406 g/mol. The maximum Gasteiger partial charge on any atom is 0.317 e. The maximum absolute atomic E-state index is 13.9. The number of urea groups is 1. The number of nitrogens with two attached hydrogens (primary N) is 2. The van der Waals surface area contributed by atoms with E-state index in [0.29, 0.717) is 22.2 Å². The fraction of sp³-hybridized carbons (Fsp3) is 0.368. The number of halogens is 1. The number of hydrogen-bond donors (Lipinski definition) is 3. The highest BCUT2D eigenvalue weighted by Gasteiger charge is 2.27. The van der Waals surface area contributed by atoms with Gasteiger partial charge in [0.15, 0.2) is 0 Å². The van der Waals surface area contributed by atoms with E-state index in [4.69, 9.17) is 16.2 Å². The number of anilines is 1. The second kappa shape index (κ2) is 8.15. The summed E-state index contributed by atoms with van der Waals surface area (Å²) in [5.74, 6) is -0.725. The van der Waals surface area contributed by atoms with Crippen molar-refractivity contribution in [3.63, 3.8) is 0 Å². The molecule has 28 heavy (non-hydrogen) atoms. The van der Waals surface area contributed by atoms with E-state index in [0.717, 1.165) is 30.8 Å². The summed E-state index contributed by atoms with van der Waals surface area (Å²) < 4.78 is 20.0. The van der Waals surface area contributed by atoms with Gasteiger partial charge < -0.3 is 16.2 Å². The molecule has 0 radical (unpaired) electrons. The van der Waals surface area contributed by atoms with Gasteiger partial charge in [0.2, 0.25) is 0 Å². The first kappa shape index (κ1) is 20.1. The normalized spacial score (nSPS) is 17.1. The Bertz CT molecular complexity index is 899. The largest absolute Gasteiger partial charge is 0.488 e. The first-order valence-corrected chi connectivity index (χ1v) is 9.77. The van der Waals surface area contributed by atoms with Crippen molar-refractivity contribution in [1.82, 2.24) is 4.90 Å². The molecule has 1 fully saturated rings. The van der Waals surface area contributed by atoms with Gasteiger partial charge in [0, 0.05) is 35.6 Å². The van der Waals surface area contributed by atoms with Crippen molar-refractivity contribution in [3.05, 3.63) is 35.6 Å². The van der Waals surface area contributed by atoms with Gasteiger partial charge in [-0.1, -0.05) is 0 Å². The third-order valence-corrected chi connectivity index (χ3v) is 5.73. The van der Waals surface area contributed by atoms with Crippen LogP contribution in [0.25, 0.3) is 10.4 Å². The van der Waals surface area contributed by atoms with Gasteiger partial charge in [-0.25, -0.2) is 9.18 Å². The monoisotopic (exact) mass is 406 g/mol. The molecule has 1 atom stereocenters. The molecule has 0 bridgehead atoms. The molecule has 3 rings (SSSR count). The minimum atomic E-state index is -0.800. The van der Waals surface area contributed by atoms with Crippen LogP contribution in [0.3, 0.4) is 0 Å². The van der Waals surface area contributed by atoms with Crippen LogP contribution in [0.15, 0.2) is 24.3 Å². The lowest BCUT2D eigenvalue weighted by Crippen LogP contribution is -2.30. The molecule has 0 saturated carbocycles. The average Bonchev–Trinajstić information content (AvgIpc) is 3.22. The van der Waals surface area contributed by atoms with Crippen LogP contribution in [0.2, 0.25) is 0 Å². The molecule has 150 valence electrons. The fourth-order valence-electron chi connectivity index (χ4n) is 3.21. The van der Waals surface area contributed by atoms with E-state index >= 15 is 0 Å². The van der Waals surface area contributed by atoms with Crippen LogP contribution in [0.5, 0.6) is 5.75 Å². The lowest BCUT2D eigenvalue weighted by Gasteiger charge is -2.21. The number of nitrogens with zero attached hydrogens (tertiary/aromatic N) is 1. The molecule has 2 heterocycles. The number of ether oxygens (including phenoxy) is 1. The standard InChI is InChI=1S/C19H23FN4O3S/c1-10(2)24-6-5-12(9-24)27-15-7-11(20)3-4-13(15)16-8-14(17(21)25)18(28-16)23-19(22)26/h3-4,7-8,10,12H,5-6,9H2,1-2H3,(H2,21,25)(H3,22,23,26). The predicted molar refractivity (Wildman–Crippen MR) is 107 cm³/mol. The Labute approximate surface area is 166 Å². The number of carbonyl (C=O) groups is 2. The van der Waals surface area contributed by atoms with E-state index in [2.05, 4.69) is 24.1 Å². The third-order valence-electron chi connectivity index (χ3n) is 4.64. The molecule has 1 aliphatic heterocycles. The van der Waals surface area contributed by atoms with Crippen molar-refractivity contribution in [3.8, 4) is 16.2 Å². The molecule has 0 aliphatic carbocycles. The number of nitrogens with one attached hydrogen (secondary N) is 1. The Morgan fingerprint density at radius 3 is 2.68 bits per heavy atom. The predicted octanol–water partition coefficient (Wildman–Crippen LogP) is 3.01. The van der Waals surface area contributed by atoms with Crippen molar-refractivity contribution in [2.24, 2.45) is 11.5 Å². The third kappa shape index (κ3) is 4.42. The number of likely N-dealkylation sites (tertiary alicyclic amines) is 1. The van der Waals surface area contributed by atoms with E-state index in [1.165, 1.54) is 12.1 Å². The molecule has 1 unspecified atom stereocenters. The summed E-state index contributed by atoms with van der Waals surface area (Å²) >= 11 is 1.13. The summed E-state index contributed by atoms with van der Waals surface area (Å²) in [6.07, 6.45) is 0.793. The van der Waals surface area contributed by atoms with Crippen molar-refractivity contribution >= 4 is 28.3 Å².